The van der Waals surface area contributed by atoms with Crippen LogP contribution in [0.5, 0.6) is 11.5 Å². The van der Waals surface area contributed by atoms with Gasteiger partial charge in [-0.05, 0) is 18.2 Å². The third-order valence-corrected chi connectivity index (χ3v) is 2.99. The van der Waals surface area contributed by atoms with Crippen LogP contribution in [0.4, 0.5) is 0 Å². The minimum Gasteiger partial charge on any atom is -0.486 e. The quantitative estimate of drug-likeness (QED) is 0.756. The van der Waals surface area contributed by atoms with E-state index in [2.05, 4.69) is 0 Å². The molecule has 5 nitrogen and oxygen atoms in total. The van der Waals surface area contributed by atoms with Gasteiger partial charge in [-0.2, -0.15) is 0 Å². The van der Waals surface area contributed by atoms with Gasteiger partial charge in [0, 0.05) is 24.7 Å². The number of hydrogen-bond acceptors (Lipinski definition) is 4. The summed E-state index contributed by atoms with van der Waals surface area (Å²) in [6, 6.07) is 5.40. The summed E-state index contributed by atoms with van der Waals surface area (Å²) in [4.78, 5) is 13.8. The highest BCUT2D eigenvalue weighted by Crippen LogP contribution is 2.31. The zero-order valence-corrected chi connectivity index (χ0v) is 9.39. The molecule has 1 amide bonds. The van der Waals surface area contributed by atoms with Crippen molar-refractivity contribution in [2.45, 2.75) is 6.04 Å². The summed E-state index contributed by atoms with van der Waals surface area (Å²) < 4.78 is 10.9. The second kappa shape index (κ2) is 3.92. The summed E-state index contributed by atoms with van der Waals surface area (Å²) in [5, 5.41) is 0. The molecule has 0 radical (unpaired) electrons. The summed E-state index contributed by atoms with van der Waals surface area (Å²) in [6.45, 7) is 2.35. The van der Waals surface area contributed by atoms with Crippen LogP contribution in [0.3, 0.4) is 0 Å². The van der Waals surface area contributed by atoms with E-state index >= 15 is 0 Å². The van der Waals surface area contributed by atoms with Gasteiger partial charge in [-0.25, -0.2) is 0 Å². The molecule has 5 heteroatoms. The molecule has 2 aliphatic heterocycles. The summed E-state index contributed by atoms with van der Waals surface area (Å²) in [5.41, 5.74) is 6.28. The van der Waals surface area contributed by atoms with Crippen molar-refractivity contribution in [1.82, 2.24) is 4.90 Å². The van der Waals surface area contributed by atoms with Gasteiger partial charge >= 0.3 is 0 Å². The lowest BCUT2D eigenvalue weighted by atomic mass is 10.1. The number of benzene rings is 1. The number of fused-ring (bicyclic) bond motifs is 1. The summed E-state index contributed by atoms with van der Waals surface area (Å²) in [5.74, 6) is 1.35. The van der Waals surface area contributed by atoms with E-state index in [-0.39, 0.29) is 11.9 Å². The molecule has 2 heterocycles. The van der Waals surface area contributed by atoms with Crippen LogP contribution in [0, 0.1) is 0 Å². The number of hydrogen-bond donors (Lipinski definition) is 1. The second-order valence-electron chi connectivity index (χ2n) is 4.33. The molecule has 2 aliphatic rings. The second-order valence-corrected chi connectivity index (χ2v) is 4.33. The Balaban J connectivity index is 1.81. The normalized spacial score (nSPS) is 18.8. The fraction of sp³-hybridized carbons (Fsp3) is 0.417. The van der Waals surface area contributed by atoms with Gasteiger partial charge in [-0.1, -0.05) is 0 Å². The zero-order valence-electron chi connectivity index (χ0n) is 9.39. The number of nitrogens with two attached hydrogens (primary N) is 1. The molecule has 0 aromatic heterocycles. The van der Waals surface area contributed by atoms with Crippen LogP contribution >= 0.6 is 0 Å². The number of amides is 1. The molecule has 1 saturated heterocycles. The van der Waals surface area contributed by atoms with Crippen molar-refractivity contribution in [3.8, 4) is 11.5 Å². The molecule has 1 aromatic carbocycles. The van der Waals surface area contributed by atoms with E-state index in [1.807, 2.05) is 0 Å². The van der Waals surface area contributed by atoms with E-state index < -0.39 is 0 Å². The number of nitrogens with zero attached hydrogens (tertiary/aromatic N) is 1. The fourth-order valence-electron chi connectivity index (χ4n) is 2.04. The molecule has 17 heavy (non-hydrogen) atoms. The van der Waals surface area contributed by atoms with Crippen molar-refractivity contribution in [3.63, 3.8) is 0 Å². The molecule has 1 aromatic rings. The number of carbonyl (C=O) groups excluding carboxylic acids is 1. The molecular formula is C12H14N2O3. The van der Waals surface area contributed by atoms with Crippen molar-refractivity contribution in [2.75, 3.05) is 26.3 Å². The average molecular weight is 234 g/mol. The monoisotopic (exact) mass is 234 g/mol. The number of likely N-dealkylation sites (tertiary alicyclic amines) is 1. The highest BCUT2D eigenvalue weighted by Gasteiger charge is 2.29. The Hall–Kier alpha value is -1.75. The zero-order chi connectivity index (χ0) is 11.8. The van der Waals surface area contributed by atoms with Gasteiger partial charge in [0.05, 0.1) is 0 Å². The Morgan fingerprint density at radius 1 is 1.24 bits per heavy atom. The molecule has 1 fully saturated rings. The van der Waals surface area contributed by atoms with Gasteiger partial charge in [-0.3, -0.25) is 4.79 Å². The van der Waals surface area contributed by atoms with Crippen molar-refractivity contribution in [1.29, 1.82) is 0 Å². The first-order valence-corrected chi connectivity index (χ1v) is 5.68. The maximum absolute atomic E-state index is 12.0. The third kappa shape index (κ3) is 1.82. The van der Waals surface area contributed by atoms with E-state index in [4.69, 9.17) is 15.2 Å². The van der Waals surface area contributed by atoms with Gasteiger partial charge in [-0.15, -0.1) is 0 Å². The lowest BCUT2D eigenvalue weighted by Crippen LogP contribution is -2.57. The molecule has 0 spiro atoms. The summed E-state index contributed by atoms with van der Waals surface area (Å²) in [6.07, 6.45) is 0. The predicted octanol–water partition coefficient (Wildman–Crippen LogP) is 0.241. The standard InChI is InChI=1S/C12H14N2O3/c13-9-6-14(7-9)12(15)8-1-2-10-11(5-8)17-4-3-16-10/h1-2,5,9H,3-4,6-7,13H2. The predicted molar refractivity (Wildman–Crippen MR) is 61.3 cm³/mol. The average Bonchev–Trinajstić information content (AvgIpc) is 2.33. The third-order valence-electron chi connectivity index (χ3n) is 2.99. The van der Waals surface area contributed by atoms with E-state index in [1.54, 1.807) is 23.1 Å². The first-order valence-electron chi connectivity index (χ1n) is 5.68. The molecule has 0 saturated carbocycles. The molecule has 3 rings (SSSR count). The maximum atomic E-state index is 12.0. The van der Waals surface area contributed by atoms with Gasteiger partial charge < -0.3 is 20.1 Å². The van der Waals surface area contributed by atoms with Crippen LogP contribution in [0.25, 0.3) is 0 Å². The lowest BCUT2D eigenvalue weighted by molar-refractivity contribution is 0.0607. The van der Waals surface area contributed by atoms with Crippen molar-refractivity contribution >= 4 is 5.91 Å². The number of ether oxygens (including phenoxy) is 2. The van der Waals surface area contributed by atoms with Crippen molar-refractivity contribution in [2.24, 2.45) is 5.73 Å². The van der Waals surface area contributed by atoms with Crippen molar-refractivity contribution in [3.05, 3.63) is 23.8 Å². The molecule has 2 N–H and O–H groups in total. The van der Waals surface area contributed by atoms with Crippen LogP contribution in [-0.4, -0.2) is 43.2 Å². The first kappa shape index (κ1) is 10.4. The molecule has 0 aliphatic carbocycles. The number of rotatable bonds is 1. The van der Waals surface area contributed by atoms with Crippen LogP contribution in [0.15, 0.2) is 18.2 Å². The topological polar surface area (TPSA) is 64.8 Å². The van der Waals surface area contributed by atoms with Gasteiger partial charge in [0.2, 0.25) is 0 Å². The smallest absolute Gasteiger partial charge is 0.254 e. The lowest BCUT2D eigenvalue weighted by Gasteiger charge is -2.37. The molecule has 90 valence electrons. The Bertz CT molecular complexity index is 455. The fourth-order valence-corrected chi connectivity index (χ4v) is 2.04. The van der Waals surface area contributed by atoms with E-state index in [0.717, 1.165) is 0 Å². The Morgan fingerprint density at radius 2 is 1.94 bits per heavy atom. The molecular weight excluding hydrogens is 220 g/mol. The highest BCUT2D eigenvalue weighted by atomic mass is 16.6. The van der Waals surface area contributed by atoms with E-state index in [0.29, 0.717) is 43.4 Å². The van der Waals surface area contributed by atoms with Gasteiger partial charge in [0.15, 0.2) is 11.5 Å². The van der Waals surface area contributed by atoms with E-state index in [9.17, 15) is 4.79 Å². The first-order chi connectivity index (χ1) is 8.24. The summed E-state index contributed by atoms with van der Waals surface area (Å²) >= 11 is 0. The van der Waals surface area contributed by atoms with Crippen LogP contribution in [-0.2, 0) is 0 Å². The van der Waals surface area contributed by atoms with Gasteiger partial charge in [0.1, 0.15) is 13.2 Å². The van der Waals surface area contributed by atoms with E-state index in [1.165, 1.54) is 0 Å². The molecule has 0 bridgehead atoms. The van der Waals surface area contributed by atoms with Crippen LogP contribution < -0.4 is 15.2 Å². The molecule has 0 atom stereocenters. The maximum Gasteiger partial charge on any atom is 0.254 e. The summed E-state index contributed by atoms with van der Waals surface area (Å²) in [7, 11) is 0. The van der Waals surface area contributed by atoms with Gasteiger partial charge in [0.25, 0.3) is 5.91 Å². The molecule has 0 unspecified atom stereocenters. The minimum absolute atomic E-state index is 0.00340. The van der Waals surface area contributed by atoms with Crippen LogP contribution in [0.2, 0.25) is 0 Å². The Kier molecular flexibility index (Phi) is 2.40. The SMILES string of the molecule is NC1CN(C(=O)c2ccc3c(c2)OCCO3)C1. The Labute approximate surface area is 99.1 Å². The highest BCUT2D eigenvalue weighted by molar-refractivity contribution is 5.95. The number of carbonyl (C=O) groups is 1. The Morgan fingerprint density at radius 3 is 2.65 bits per heavy atom. The largest absolute Gasteiger partial charge is 0.486 e. The minimum atomic E-state index is 0.00340. The van der Waals surface area contributed by atoms with Crippen molar-refractivity contribution < 1.29 is 14.3 Å². The van der Waals surface area contributed by atoms with Crippen LogP contribution in [0.1, 0.15) is 10.4 Å².